The van der Waals surface area contributed by atoms with Crippen LogP contribution in [0.3, 0.4) is 0 Å². The van der Waals surface area contributed by atoms with Gasteiger partial charge in [-0.2, -0.15) is 0 Å². The number of benzene rings is 1. The molecule has 1 rings (SSSR count). The maximum atomic E-state index is 13.1. The Labute approximate surface area is 106 Å². The van der Waals surface area contributed by atoms with Gasteiger partial charge in [-0.15, -0.1) is 0 Å². The zero-order valence-corrected chi connectivity index (χ0v) is 12.1. The van der Waals surface area contributed by atoms with Gasteiger partial charge in [0.15, 0.2) is 0 Å². The first-order chi connectivity index (χ1) is 7.30. The summed E-state index contributed by atoms with van der Waals surface area (Å²) >= 11 is 3.71. The van der Waals surface area contributed by atoms with E-state index in [0.29, 0.717) is 4.83 Å². The van der Waals surface area contributed by atoms with E-state index in [2.05, 4.69) is 36.7 Å². The van der Waals surface area contributed by atoms with E-state index in [0.717, 1.165) is 18.4 Å². The molecule has 0 N–H and O–H groups in total. The first kappa shape index (κ1) is 13.7. The van der Waals surface area contributed by atoms with Gasteiger partial charge in [0.1, 0.15) is 5.82 Å². The van der Waals surface area contributed by atoms with Crippen molar-refractivity contribution < 1.29 is 4.39 Å². The molecule has 0 spiro atoms. The van der Waals surface area contributed by atoms with Crippen LogP contribution >= 0.6 is 15.9 Å². The van der Waals surface area contributed by atoms with Gasteiger partial charge in [-0.1, -0.05) is 48.8 Å². The van der Waals surface area contributed by atoms with E-state index in [-0.39, 0.29) is 11.2 Å². The van der Waals surface area contributed by atoms with Crippen LogP contribution in [0.2, 0.25) is 0 Å². The summed E-state index contributed by atoms with van der Waals surface area (Å²) in [5, 5.41) is 0. The summed E-state index contributed by atoms with van der Waals surface area (Å²) in [6, 6.07) is 5.38. The van der Waals surface area contributed by atoms with Crippen LogP contribution in [0.15, 0.2) is 18.2 Å². The lowest BCUT2D eigenvalue weighted by Crippen LogP contribution is -2.20. The molecule has 90 valence electrons. The number of hydrogen-bond donors (Lipinski definition) is 0. The van der Waals surface area contributed by atoms with Crippen molar-refractivity contribution >= 4 is 15.9 Å². The Bertz CT molecular complexity index is 352. The van der Waals surface area contributed by atoms with Crippen molar-refractivity contribution in [3.8, 4) is 0 Å². The fourth-order valence-corrected chi connectivity index (χ4v) is 1.82. The molecule has 1 aromatic rings. The van der Waals surface area contributed by atoms with Gasteiger partial charge in [-0.05, 0) is 42.4 Å². The normalized spacial score (nSPS) is 13.9. The maximum absolute atomic E-state index is 13.1. The highest BCUT2D eigenvalue weighted by atomic mass is 79.9. The molecule has 2 heteroatoms. The molecule has 1 atom stereocenters. The Morgan fingerprint density at radius 2 is 1.94 bits per heavy atom. The topological polar surface area (TPSA) is 0 Å². The molecule has 0 aliphatic carbocycles. The van der Waals surface area contributed by atoms with Crippen LogP contribution < -0.4 is 0 Å². The highest BCUT2D eigenvalue weighted by Crippen LogP contribution is 2.29. The van der Waals surface area contributed by atoms with Gasteiger partial charge in [0.05, 0.1) is 0 Å². The van der Waals surface area contributed by atoms with Gasteiger partial charge < -0.3 is 0 Å². The van der Waals surface area contributed by atoms with Gasteiger partial charge in [0.2, 0.25) is 0 Å². The minimum atomic E-state index is -0.116. The summed E-state index contributed by atoms with van der Waals surface area (Å²) < 4.78 is 13.1. The Balaban J connectivity index is 2.58. The summed E-state index contributed by atoms with van der Waals surface area (Å²) in [6.07, 6.45) is 2.07. The number of rotatable bonds is 3. The van der Waals surface area contributed by atoms with Crippen LogP contribution in [0.1, 0.15) is 38.3 Å². The average Bonchev–Trinajstić information content (AvgIpc) is 2.18. The maximum Gasteiger partial charge on any atom is 0.126 e. The molecule has 0 saturated heterocycles. The zero-order valence-electron chi connectivity index (χ0n) is 10.5. The Morgan fingerprint density at radius 3 is 2.44 bits per heavy atom. The van der Waals surface area contributed by atoms with Gasteiger partial charge in [0, 0.05) is 4.83 Å². The zero-order chi connectivity index (χ0) is 12.3. The number of alkyl halides is 1. The molecular weight excluding hydrogens is 267 g/mol. The molecule has 0 nitrogen and oxygen atoms in total. The smallest absolute Gasteiger partial charge is 0.126 e. The molecule has 16 heavy (non-hydrogen) atoms. The van der Waals surface area contributed by atoms with Crippen LogP contribution in [0.25, 0.3) is 0 Å². The molecule has 0 heterocycles. The lowest BCUT2D eigenvalue weighted by atomic mass is 9.88. The Kier molecular flexibility index (Phi) is 4.54. The average molecular weight is 287 g/mol. The van der Waals surface area contributed by atoms with E-state index in [4.69, 9.17) is 0 Å². The van der Waals surface area contributed by atoms with Crippen molar-refractivity contribution in [1.29, 1.82) is 0 Å². The van der Waals surface area contributed by atoms with Crippen LogP contribution in [0.5, 0.6) is 0 Å². The van der Waals surface area contributed by atoms with Gasteiger partial charge in [-0.3, -0.25) is 0 Å². The summed E-state index contributed by atoms with van der Waals surface area (Å²) in [7, 11) is 0. The van der Waals surface area contributed by atoms with Gasteiger partial charge in [0.25, 0.3) is 0 Å². The van der Waals surface area contributed by atoms with Crippen molar-refractivity contribution in [2.24, 2.45) is 5.41 Å². The van der Waals surface area contributed by atoms with Crippen LogP contribution in [-0.2, 0) is 6.42 Å². The van der Waals surface area contributed by atoms with Crippen molar-refractivity contribution in [2.75, 3.05) is 0 Å². The van der Waals surface area contributed by atoms with Crippen molar-refractivity contribution in [2.45, 2.75) is 45.4 Å². The molecule has 1 aromatic carbocycles. The van der Waals surface area contributed by atoms with Crippen LogP contribution in [-0.4, -0.2) is 4.83 Å². The molecule has 0 radical (unpaired) electrons. The van der Waals surface area contributed by atoms with Crippen molar-refractivity contribution in [3.63, 3.8) is 0 Å². The Hall–Kier alpha value is -0.370. The molecular formula is C14H20BrF. The standard InChI is InChI=1S/C14H20BrF/c1-10-9-11(5-7-12(10)16)6-8-13(15)14(2,3)4/h5,7,9,13H,6,8H2,1-4H3. The molecule has 0 saturated carbocycles. The van der Waals surface area contributed by atoms with Crippen molar-refractivity contribution in [3.05, 3.63) is 35.1 Å². The third-order valence-corrected chi connectivity index (χ3v) is 4.68. The second kappa shape index (κ2) is 5.31. The molecule has 1 unspecified atom stereocenters. The first-order valence-corrected chi connectivity index (χ1v) is 6.61. The van der Waals surface area contributed by atoms with Crippen molar-refractivity contribution in [1.82, 2.24) is 0 Å². The van der Waals surface area contributed by atoms with E-state index in [1.807, 2.05) is 19.1 Å². The lowest BCUT2D eigenvalue weighted by molar-refractivity contribution is 0.385. The largest absolute Gasteiger partial charge is 0.207 e. The summed E-state index contributed by atoms with van der Waals surface area (Å²) in [6.45, 7) is 8.49. The van der Waals surface area contributed by atoms with Gasteiger partial charge in [-0.25, -0.2) is 4.39 Å². The molecule has 0 amide bonds. The third-order valence-electron chi connectivity index (χ3n) is 2.85. The SMILES string of the molecule is Cc1cc(CCC(Br)C(C)(C)C)ccc1F. The molecule has 0 aliphatic rings. The quantitative estimate of drug-likeness (QED) is 0.695. The molecule has 0 fully saturated rings. The fraction of sp³-hybridized carbons (Fsp3) is 0.571. The third kappa shape index (κ3) is 3.89. The minimum Gasteiger partial charge on any atom is -0.207 e. The molecule has 0 aliphatic heterocycles. The van der Waals surface area contributed by atoms with Gasteiger partial charge >= 0.3 is 0 Å². The van der Waals surface area contributed by atoms with E-state index in [1.165, 1.54) is 5.56 Å². The second-order valence-corrected chi connectivity index (χ2v) is 6.56. The monoisotopic (exact) mass is 286 g/mol. The molecule has 0 bridgehead atoms. The van der Waals surface area contributed by atoms with E-state index >= 15 is 0 Å². The lowest BCUT2D eigenvalue weighted by Gasteiger charge is -2.25. The number of halogens is 2. The van der Waals surface area contributed by atoms with E-state index < -0.39 is 0 Å². The fourth-order valence-electron chi connectivity index (χ4n) is 1.59. The predicted molar refractivity (Wildman–Crippen MR) is 71.6 cm³/mol. The number of aryl methyl sites for hydroxylation is 2. The Morgan fingerprint density at radius 1 is 1.31 bits per heavy atom. The minimum absolute atomic E-state index is 0.116. The van der Waals surface area contributed by atoms with Crippen LogP contribution in [0.4, 0.5) is 4.39 Å². The summed E-state index contributed by atoms with van der Waals surface area (Å²) in [5.74, 6) is -0.116. The number of hydrogen-bond acceptors (Lipinski definition) is 0. The van der Waals surface area contributed by atoms with Crippen LogP contribution in [0, 0.1) is 18.2 Å². The molecule has 0 aromatic heterocycles. The highest BCUT2D eigenvalue weighted by molar-refractivity contribution is 9.09. The second-order valence-electron chi connectivity index (χ2n) is 5.46. The van der Waals surface area contributed by atoms with E-state index in [1.54, 1.807) is 6.07 Å². The summed E-state index contributed by atoms with van der Waals surface area (Å²) in [4.78, 5) is 0.491. The highest BCUT2D eigenvalue weighted by Gasteiger charge is 2.21. The van der Waals surface area contributed by atoms with E-state index in [9.17, 15) is 4.39 Å². The predicted octanol–water partition coefficient (Wildman–Crippen LogP) is 4.88. The summed E-state index contributed by atoms with van der Waals surface area (Å²) in [5.41, 5.74) is 2.22. The first-order valence-electron chi connectivity index (χ1n) is 5.70.